The molecule has 4 atom stereocenters. The molecular formula is C30H47N3O3. The van der Waals surface area contributed by atoms with E-state index >= 15 is 0 Å². The second kappa shape index (κ2) is 15.9. The number of hydrazine groups is 1. The molecule has 0 aromatic carbocycles. The number of carbonyl (C=O) groups is 2. The van der Waals surface area contributed by atoms with Gasteiger partial charge in [-0.05, 0) is 56.1 Å². The maximum absolute atomic E-state index is 12.6. The molecule has 1 saturated carbocycles. The van der Waals surface area contributed by atoms with E-state index in [1.165, 1.54) is 6.42 Å². The standard InChI is InChI=1S/C30H47N3O3/c1-2-3-6-13-26(34)19-17-24-18-20-29(35)27(24)14-7-4-5-8-16-30(36)32-33-22-10-9-15-28(33)25-12-11-21-31-23-25/h11-12,17,19,21,23-24,26-28,34H,2-10,13-16,18,20,22H2,1H3,(H,32,36)/b19-17+/t24-,26-,27+,28-/m0/s1. The minimum Gasteiger partial charge on any atom is -0.389 e. The molecule has 6 nitrogen and oxygen atoms in total. The summed E-state index contributed by atoms with van der Waals surface area (Å²) in [5.74, 6) is 0.867. The van der Waals surface area contributed by atoms with Crippen molar-refractivity contribution in [2.75, 3.05) is 6.54 Å². The molecular weight excluding hydrogens is 450 g/mol. The molecule has 2 heterocycles. The number of pyridine rings is 1. The molecule has 0 bridgehead atoms. The number of amides is 1. The number of aliphatic hydroxyl groups excluding tert-OH is 1. The van der Waals surface area contributed by atoms with Gasteiger partial charge in [0.2, 0.25) is 5.91 Å². The molecule has 1 aromatic heterocycles. The predicted molar refractivity (Wildman–Crippen MR) is 144 cm³/mol. The van der Waals surface area contributed by atoms with Crippen LogP contribution in [0.2, 0.25) is 0 Å². The molecule has 1 saturated heterocycles. The fraction of sp³-hybridized carbons (Fsp3) is 0.700. The molecule has 2 aliphatic rings. The number of Topliss-reactive ketones (excluding diaryl/α,β-unsaturated/α-hetero) is 1. The Morgan fingerprint density at radius 3 is 2.86 bits per heavy atom. The second-order valence-electron chi connectivity index (χ2n) is 10.7. The van der Waals surface area contributed by atoms with Crippen molar-refractivity contribution < 1.29 is 14.7 Å². The van der Waals surface area contributed by atoms with E-state index in [0.29, 0.717) is 18.6 Å². The number of nitrogens with one attached hydrogen (secondary N) is 1. The molecule has 200 valence electrons. The topological polar surface area (TPSA) is 82.5 Å². The first kappa shape index (κ1) is 28.5. The van der Waals surface area contributed by atoms with Crippen LogP contribution in [0.5, 0.6) is 0 Å². The van der Waals surface area contributed by atoms with Crippen molar-refractivity contribution in [2.24, 2.45) is 11.8 Å². The highest BCUT2D eigenvalue weighted by atomic mass is 16.3. The first-order valence-corrected chi connectivity index (χ1v) is 14.4. The number of ketones is 1. The van der Waals surface area contributed by atoms with Gasteiger partial charge in [-0.3, -0.25) is 20.0 Å². The summed E-state index contributed by atoms with van der Waals surface area (Å²) < 4.78 is 0. The number of nitrogens with zero attached hydrogens (tertiary/aromatic N) is 2. The van der Waals surface area contributed by atoms with E-state index in [1.54, 1.807) is 6.20 Å². The Labute approximate surface area is 217 Å². The Bertz CT molecular complexity index is 813. The van der Waals surface area contributed by atoms with Crippen LogP contribution in [-0.4, -0.2) is 39.4 Å². The Morgan fingerprint density at radius 1 is 1.19 bits per heavy atom. The van der Waals surface area contributed by atoms with Crippen LogP contribution in [0.15, 0.2) is 36.7 Å². The first-order chi connectivity index (χ1) is 17.6. The minimum absolute atomic E-state index is 0.0967. The molecule has 1 aliphatic carbocycles. The van der Waals surface area contributed by atoms with E-state index in [0.717, 1.165) is 89.2 Å². The molecule has 2 fully saturated rings. The Balaban J connectivity index is 1.31. The van der Waals surface area contributed by atoms with Crippen molar-refractivity contribution in [2.45, 2.75) is 115 Å². The maximum atomic E-state index is 12.6. The molecule has 6 heteroatoms. The average Bonchev–Trinajstić information content (AvgIpc) is 3.25. The van der Waals surface area contributed by atoms with Crippen LogP contribution in [0.25, 0.3) is 0 Å². The summed E-state index contributed by atoms with van der Waals surface area (Å²) in [4.78, 5) is 29.2. The van der Waals surface area contributed by atoms with Gasteiger partial charge < -0.3 is 5.11 Å². The van der Waals surface area contributed by atoms with Crippen LogP contribution in [0.1, 0.15) is 115 Å². The number of aliphatic hydroxyl groups is 1. The lowest BCUT2D eigenvalue weighted by molar-refractivity contribution is -0.128. The third-order valence-corrected chi connectivity index (χ3v) is 7.85. The number of allylic oxidation sites excluding steroid dienone is 1. The highest BCUT2D eigenvalue weighted by Gasteiger charge is 2.32. The zero-order valence-corrected chi connectivity index (χ0v) is 22.2. The van der Waals surface area contributed by atoms with Crippen molar-refractivity contribution in [1.82, 2.24) is 15.4 Å². The highest BCUT2D eigenvalue weighted by Crippen LogP contribution is 2.34. The van der Waals surface area contributed by atoms with Gasteiger partial charge in [0.05, 0.1) is 12.1 Å². The molecule has 36 heavy (non-hydrogen) atoms. The zero-order valence-electron chi connectivity index (χ0n) is 22.2. The van der Waals surface area contributed by atoms with Crippen molar-refractivity contribution >= 4 is 11.7 Å². The molecule has 0 spiro atoms. The lowest BCUT2D eigenvalue weighted by Gasteiger charge is -2.35. The van der Waals surface area contributed by atoms with Gasteiger partial charge in [0.15, 0.2) is 0 Å². The molecule has 2 N–H and O–H groups in total. The van der Waals surface area contributed by atoms with E-state index in [4.69, 9.17) is 0 Å². The Kier molecular flexibility index (Phi) is 12.6. The largest absolute Gasteiger partial charge is 0.389 e. The van der Waals surface area contributed by atoms with Crippen molar-refractivity contribution in [3.63, 3.8) is 0 Å². The quantitative estimate of drug-likeness (QED) is 0.227. The van der Waals surface area contributed by atoms with E-state index in [9.17, 15) is 14.7 Å². The van der Waals surface area contributed by atoms with Crippen LogP contribution in [0.3, 0.4) is 0 Å². The second-order valence-corrected chi connectivity index (χ2v) is 10.7. The molecule has 1 amide bonds. The molecule has 0 unspecified atom stereocenters. The summed E-state index contributed by atoms with van der Waals surface area (Å²) in [5.41, 5.74) is 4.31. The minimum atomic E-state index is -0.386. The summed E-state index contributed by atoms with van der Waals surface area (Å²) in [7, 11) is 0. The van der Waals surface area contributed by atoms with E-state index in [-0.39, 0.29) is 29.9 Å². The summed E-state index contributed by atoms with van der Waals surface area (Å²) in [6, 6.07) is 4.26. The average molecular weight is 498 g/mol. The Hall–Kier alpha value is -2.05. The maximum Gasteiger partial charge on any atom is 0.234 e. The zero-order chi connectivity index (χ0) is 25.6. The predicted octanol–water partition coefficient (Wildman–Crippen LogP) is 6.07. The van der Waals surface area contributed by atoms with Gasteiger partial charge in [0.25, 0.3) is 0 Å². The smallest absolute Gasteiger partial charge is 0.234 e. The number of rotatable bonds is 15. The van der Waals surface area contributed by atoms with E-state index in [1.807, 2.05) is 18.3 Å². The van der Waals surface area contributed by atoms with Gasteiger partial charge >= 0.3 is 0 Å². The number of hydrogen-bond donors (Lipinski definition) is 2. The van der Waals surface area contributed by atoms with E-state index < -0.39 is 0 Å². The Morgan fingerprint density at radius 2 is 2.06 bits per heavy atom. The highest BCUT2D eigenvalue weighted by molar-refractivity contribution is 5.83. The van der Waals surface area contributed by atoms with Crippen LogP contribution in [0, 0.1) is 11.8 Å². The van der Waals surface area contributed by atoms with Gasteiger partial charge in [-0.2, -0.15) is 0 Å². The third-order valence-electron chi connectivity index (χ3n) is 7.85. The van der Waals surface area contributed by atoms with Crippen LogP contribution >= 0.6 is 0 Å². The summed E-state index contributed by atoms with van der Waals surface area (Å²) >= 11 is 0. The van der Waals surface area contributed by atoms with Crippen LogP contribution in [-0.2, 0) is 9.59 Å². The monoisotopic (exact) mass is 497 g/mol. The summed E-state index contributed by atoms with van der Waals surface area (Å²) in [5, 5.41) is 12.3. The van der Waals surface area contributed by atoms with Crippen LogP contribution in [0.4, 0.5) is 0 Å². The number of hydrogen-bond acceptors (Lipinski definition) is 5. The normalized spacial score (nSPS) is 23.8. The van der Waals surface area contributed by atoms with Crippen molar-refractivity contribution in [1.29, 1.82) is 0 Å². The van der Waals surface area contributed by atoms with Gasteiger partial charge in [-0.15, -0.1) is 0 Å². The van der Waals surface area contributed by atoms with Gasteiger partial charge in [0, 0.05) is 37.7 Å². The van der Waals surface area contributed by atoms with E-state index in [2.05, 4.69) is 34.5 Å². The summed E-state index contributed by atoms with van der Waals surface area (Å²) in [6.45, 7) is 3.05. The lowest BCUT2D eigenvalue weighted by atomic mass is 9.89. The van der Waals surface area contributed by atoms with Gasteiger partial charge in [0.1, 0.15) is 5.78 Å². The molecule has 1 aromatic rings. The molecule has 1 aliphatic heterocycles. The SMILES string of the molecule is CCCCC[C@H](O)/C=C/[C@H]1CCC(=O)[C@@H]1CCCCCCC(=O)NN1CCCC[C@H]1c1cccnc1. The summed E-state index contributed by atoms with van der Waals surface area (Å²) in [6.07, 6.45) is 21.8. The molecule has 3 rings (SSSR count). The van der Waals surface area contributed by atoms with Crippen LogP contribution < -0.4 is 5.43 Å². The lowest BCUT2D eigenvalue weighted by Crippen LogP contribution is -2.46. The fourth-order valence-corrected chi connectivity index (χ4v) is 5.71. The fourth-order valence-electron chi connectivity index (χ4n) is 5.71. The van der Waals surface area contributed by atoms with Crippen molar-refractivity contribution in [3.8, 4) is 0 Å². The van der Waals surface area contributed by atoms with Gasteiger partial charge in [-0.1, -0.05) is 70.1 Å². The number of carbonyl (C=O) groups excluding carboxylic acids is 2. The number of unbranched alkanes of at least 4 members (excludes halogenated alkanes) is 5. The van der Waals surface area contributed by atoms with Crippen molar-refractivity contribution in [3.05, 3.63) is 42.2 Å². The molecule has 0 radical (unpaired) electrons. The first-order valence-electron chi connectivity index (χ1n) is 14.4. The van der Waals surface area contributed by atoms with Gasteiger partial charge in [-0.25, -0.2) is 5.01 Å². The number of piperidine rings is 1. The number of aromatic nitrogens is 1. The third kappa shape index (κ3) is 9.44.